The Hall–Kier alpha value is -1.86. The van der Waals surface area contributed by atoms with E-state index in [4.69, 9.17) is 4.42 Å². The van der Waals surface area contributed by atoms with Crippen LogP contribution in [0.5, 0.6) is 0 Å². The number of hydrogen-bond donors (Lipinski definition) is 2. The molecule has 0 saturated carbocycles. The average molecular weight is 282 g/mol. The van der Waals surface area contributed by atoms with Crippen molar-refractivity contribution in [2.75, 3.05) is 0 Å². The molecule has 0 amide bonds. The van der Waals surface area contributed by atoms with Crippen molar-refractivity contribution in [2.24, 2.45) is 0 Å². The normalized spacial score (nSPS) is 13.3. The number of pyridine rings is 1. The Morgan fingerprint density at radius 3 is 2.74 bits per heavy atom. The van der Waals surface area contributed by atoms with Crippen LogP contribution in [0.4, 0.5) is 0 Å². The molecule has 2 N–H and O–H groups in total. The highest BCUT2D eigenvalue weighted by Gasteiger charge is 2.18. The van der Waals surface area contributed by atoms with Crippen LogP contribution < -0.4 is 10.3 Å². The molecule has 0 bridgehead atoms. The number of hydrogen-bond acceptors (Lipinski definition) is 4. The van der Waals surface area contributed by atoms with Crippen LogP contribution >= 0.6 is 0 Å². The van der Waals surface area contributed by atoms with Crippen molar-refractivity contribution >= 4 is 10.0 Å². The highest BCUT2D eigenvalue weighted by Crippen LogP contribution is 2.08. The average Bonchev–Trinajstić information content (AvgIpc) is 2.81. The molecule has 0 saturated heterocycles. The predicted octanol–water partition coefficient (Wildman–Crippen LogP) is 0.877. The molecule has 1 unspecified atom stereocenters. The minimum Gasteiger partial charge on any atom is -0.469 e. The zero-order valence-electron chi connectivity index (χ0n) is 10.3. The largest absolute Gasteiger partial charge is 0.469 e. The lowest BCUT2D eigenvalue weighted by molar-refractivity contribution is 0.479. The molecular formula is C12H14N2O4S. The Morgan fingerprint density at radius 2 is 2.16 bits per heavy atom. The van der Waals surface area contributed by atoms with Crippen molar-refractivity contribution in [1.82, 2.24) is 9.71 Å². The summed E-state index contributed by atoms with van der Waals surface area (Å²) in [4.78, 5) is 13.3. The van der Waals surface area contributed by atoms with Gasteiger partial charge in [-0.3, -0.25) is 4.79 Å². The highest BCUT2D eigenvalue weighted by molar-refractivity contribution is 7.89. The van der Waals surface area contributed by atoms with Crippen LogP contribution in [0.15, 0.2) is 50.8 Å². The standard InChI is InChI=1S/C12H14N2O4S/c1-9(7-10-3-2-6-18-10)14-19(16,17)11-4-5-12(15)13-8-11/h2-6,8-9,14H,7H2,1H3,(H,13,15). The third-order valence-electron chi connectivity index (χ3n) is 2.51. The second kappa shape index (κ2) is 5.41. The first-order valence-electron chi connectivity index (χ1n) is 5.71. The lowest BCUT2D eigenvalue weighted by Gasteiger charge is -2.12. The van der Waals surface area contributed by atoms with Crippen LogP contribution in [-0.2, 0) is 16.4 Å². The summed E-state index contributed by atoms with van der Waals surface area (Å²) in [5, 5.41) is 0. The Bertz CT molecular complexity index is 668. The van der Waals surface area contributed by atoms with E-state index in [2.05, 4.69) is 9.71 Å². The monoisotopic (exact) mass is 282 g/mol. The fourth-order valence-corrected chi connectivity index (χ4v) is 2.88. The molecule has 0 aliphatic carbocycles. The zero-order valence-corrected chi connectivity index (χ0v) is 11.1. The Kier molecular flexibility index (Phi) is 3.87. The van der Waals surface area contributed by atoms with E-state index in [0.29, 0.717) is 12.2 Å². The zero-order chi connectivity index (χ0) is 13.9. The van der Waals surface area contributed by atoms with E-state index >= 15 is 0 Å². The van der Waals surface area contributed by atoms with E-state index in [1.807, 2.05) is 0 Å². The third-order valence-corrected chi connectivity index (χ3v) is 4.10. The summed E-state index contributed by atoms with van der Waals surface area (Å²) in [6.07, 6.45) is 3.17. The molecule has 1 atom stereocenters. The number of nitrogens with one attached hydrogen (secondary N) is 2. The van der Waals surface area contributed by atoms with Gasteiger partial charge in [0.05, 0.1) is 11.2 Å². The number of aromatic nitrogens is 1. The summed E-state index contributed by atoms with van der Waals surface area (Å²) >= 11 is 0. The van der Waals surface area contributed by atoms with E-state index in [1.54, 1.807) is 25.3 Å². The summed E-state index contributed by atoms with van der Waals surface area (Å²) < 4.78 is 31.7. The van der Waals surface area contributed by atoms with Gasteiger partial charge in [-0.05, 0) is 25.1 Å². The maximum Gasteiger partial charge on any atom is 0.247 e. The van der Waals surface area contributed by atoms with Crippen LogP contribution in [-0.4, -0.2) is 19.4 Å². The molecule has 2 rings (SSSR count). The maximum atomic E-state index is 12.0. The summed E-state index contributed by atoms with van der Waals surface area (Å²) in [5.74, 6) is 0.705. The van der Waals surface area contributed by atoms with E-state index in [9.17, 15) is 13.2 Å². The van der Waals surface area contributed by atoms with Gasteiger partial charge in [0.1, 0.15) is 5.76 Å². The smallest absolute Gasteiger partial charge is 0.247 e. The Balaban J connectivity index is 2.08. The summed E-state index contributed by atoms with van der Waals surface area (Å²) in [6.45, 7) is 1.74. The van der Waals surface area contributed by atoms with Gasteiger partial charge >= 0.3 is 0 Å². The van der Waals surface area contributed by atoms with Crippen LogP contribution in [0.25, 0.3) is 0 Å². The molecule has 0 aliphatic heterocycles. The molecule has 0 aromatic carbocycles. The molecular weight excluding hydrogens is 268 g/mol. The topological polar surface area (TPSA) is 92.2 Å². The number of sulfonamides is 1. The van der Waals surface area contributed by atoms with Crippen molar-refractivity contribution in [3.8, 4) is 0 Å². The molecule has 102 valence electrons. The van der Waals surface area contributed by atoms with Gasteiger partial charge < -0.3 is 9.40 Å². The molecule has 2 aromatic heterocycles. The minimum atomic E-state index is -3.64. The van der Waals surface area contributed by atoms with Crippen LogP contribution in [0.3, 0.4) is 0 Å². The summed E-state index contributed by atoms with van der Waals surface area (Å²) in [5.41, 5.74) is -0.345. The van der Waals surface area contributed by atoms with Crippen molar-refractivity contribution in [3.63, 3.8) is 0 Å². The predicted molar refractivity (Wildman–Crippen MR) is 69.3 cm³/mol. The fourth-order valence-electron chi connectivity index (χ4n) is 1.67. The van der Waals surface area contributed by atoms with Crippen molar-refractivity contribution in [1.29, 1.82) is 0 Å². The molecule has 7 heteroatoms. The summed E-state index contributed by atoms with van der Waals surface area (Å²) in [7, 11) is -3.64. The van der Waals surface area contributed by atoms with Gasteiger partial charge in [-0.2, -0.15) is 0 Å². The van der Waals surface area contributed by atoms with Gasteiger partial charge in [0.15, 0.2) is 0 Å². The molecule has 0 aliphatic rings. The van der Waals surface area contributed by atoms with Gasteiger partial charge in [0, 0.05) is 24.7 Å². The van der Waals surface area contributed by atoms with Crippen LogP contribution in [0, 0.1) is 0 Å². The van der Waals surface area contributed by atoms with E-state index in [-0.39, 0.29) is 16.5 Å². The third kappa shape index (κ3) is 3.55. The lowest BCUT2D eigenvalue weighted by Crippen LogP contribution is -2.34. The molecule has 19 heavy (non-hydrogen) atoms. The highest BCUT2D eigenvalue weighted by atomic mass is 32.2. The molecule has 0 spiro atoms. The minimum absolute atomic E-state index is 0.0263. The quantitative estimate of drug-likeness (QED) is 0.851. The second-order valence-electron chi connectivity index (χ2n) is 4.19. The fraction of sp³-hybridized carbons (Fsp3) is 0.250. The van der Waals surface area contributed by atoms with Crippen molar-refractivity contribution < 1.29 is 12.8 Å². The van der Waals surface area contributed by atoms with Gasteiger partial charge in [0.25, 0.3) is 0 Å². The molecule has 6 nitrogen and oxygen atoms in total. The van der Waals surface area contributed by atoms with Crippen molar-refractivity contribution in [2.45, 2.75) is 24.3 Å². The molecule has 2 aromatic rings. The van der Waals surface area contributed by atoms with Crippen molar-refractivity contribution in [3.05, 3.63) is 52.8 Å². The van der Waals surface area contributed by atoms with E-state index in [0.717, 1.165) is 0 Å². The number of furan rings is 1. The Labute approximate surface area is 110 Å². The van der Waals surface area contributed by atoms with Crippen LogP contribution in [0.2, 0.25) is 0 Å². The first-order chi connectivity index (χ1) is 8.97. The number of H-pyrrole nitrogens is 1. The lowest BCUT2D eigenvalue weighted by atomic mass is 10.2. The van der Waals surface area contributed by atoms with Gasteiger partial charge in [0.2, 0.25) is 15.6 Å². The van der Waals surface area contributed by atoms with E-state index < -0.39 is 10.0 Å². The van der Waals surface area contributed by atoms with Gasteiger partial charge in [-0.15, -0.1) is 0 Å². The maximum absolute atomic E-state index is 12.0. The second-order valence-corrected chi connectivity index (χ2v) is 5.91. The number of aromatic amines is 1. The molecule has 0 radical (unpaired) electrons. The first kappa shape index (κ1) is 13.6. The van der Waals surface area contributed by atoms with E-state index in [1.165, 1.54) is 18.3 Å². The SMILES string of the molecule is CC(Cc1ccco1)NS(=O)(=O)c1ccc(=O)[nH]c1. The molecule has 0 fully saturated rings. The first-order valence-corrected chi connectivity index (χ1v) is 7.19. The van der Waals surface area contributed by atoms with Gasteiger partial charge in [-0.1, -0.05) is 0 Å². The summed E-state index contributed by atoms with van der Waals surface area (Å²) in [6, 6.07) is 5.65. The molecule has 2 heterocycles. The Morgan fingerprint density at radius 1 is 1.37 bits per heavy atom. The number of rotatable bonds is 5. The van der Waals surface area contributed by atoms with Crippen LogP contribution in [0.1, 0.15) is 12.7 Å². The van der Waals surface area contributed by atoms with Gasteiger partial charge in [-0.25, -0.2) is 13.1 Å².